The second-order valence-electron chi connectivity index (χ2n) is 5.03. The molecule has 3 aromatic rings. The lowest BCUT2D eigenvalue weighted by Gasteiger charge is -2.05. The third-order valence-electron chi connectivity index (χ3n) is 3.68. The molecule has 0 aliphatic heterocycles. The minimum atomic E-state index is 0.916. The van der Waals surface area contributed by atoms with Gasteiger partial charge in [0.1, 0.15) is 5.75 Å². The van der Waals surface area contributed by atoms with Crippen molar-refractivity contribution in [2.24, 2.45) is 0 Å². The van der Waals surface area contributed by atoms with Crippen molar-refractivity contribution < 1.29 is 4.74 Å². The van der Waals surface area contributed by atoms with Crippen LogP contribution in [-0.2, 0) is 12.8 Å². The van der Waals surface area contributed by atoms with Crippen molar-refractivity contribution in [3.8, 4) is 5.75 Å². The van der Waals surface area contributed by atoms with Crippen LogP contribution in [0.2, 0.25) is 0 Å². The van der Waals surface area contributed by atoms with Crippen LogP contribution in [0.5, 0.6) is 5.75 Å². The van der Waals surface area contributed by atoms with E-state index in [2.05, 4.69) is 54.6 Å². The van der Waals surface area contributed by atoms with Gasteiger partial charge in [-0.25, -0.2) is 0 Å². The fourth-order valence-corrected chi connectivity index (χ4v) is 2.48. The fraction of sp³-hybridized carbons (Fsp3) is 0.158. The van der Waals surface area contributed by atoms with E-state index in [4.69, 9.17) is 4.74 Å². The van der Waals surface area contributed by atoms with Crippen molar-refractivity contribution in [2.45, 2.75) is 12.8 Å². The van der Waals surface area contributed by atoms with Gasteiger partial charge in [-0.1, -0.05) is 54.6 Å². The molecule has 0 aromatic heterocycles. The van der Waals surface area contributed by atoms with E-state index in [-0.39, 0.29) is 0 Å². The number of hydrogen-bond donors (Lipinski definition) is 0. The molecule has 3 aromatic carbocycles. The molecule has 0 amide bonds. The Bertz CT molecular complexity index is 698. The lowest BCUT2D eigenvalue weighted by atomic mass is 10.0. The summed E-state index contributed by atoms with van der Waals surface area (Å²) in [7, 11) is 1.70. The zero-order chi connectivity index (χ0) is 13.8. The smallest absolute Gasteiger partial charge is 0.118 e. The standard InChI is InChI=1S/C19H18O/c1-20-19-12-9-15(10-13-19)6-7-16-8-11-17-4-2-3-5-18(17)14-16/h2-5,8-14H,6-7H2,1H3. The molecule has 0 aliphatic carbocycles. The first-order valence-corrected chi connectivity index (χ1v) is 6.96. The number of aryl methyl sites for hydroxylation is 2. The maximum Gasteiger partial charge on any atom is 0.118 e. The van der Waals surface area contributed by atoms with E-state index in [1.807, 2.05) is 12.1 Å². The van der Waals surface area contributed by atoms with Gasteiger partial charge in [-0.15, -0.1) is 0 Å². The number of ether oxygens (including phenoxy) is 1. The van der Waals surface area contributed by atoms with E-state index < -0.39 is 0 Å². The maximum atomic E-state index is 5.18. The summed E-state index contributed by atoms with van der Waals surface area (Å²) < 4.78 is 5.18. The van der Waals surface area contributed by atoms with Crippen LogP contribution in [0, 0.1) is 0 Å². The fourth-order valence-electron chi connectivity index (χ4n) is 2.48. The molecule has 0 saturated heterocycles. The maximum absolute atomic E-state index is 5.18. The number of benzene rings is 3. The molecule has 0 spiro atoms. The highest BCUT2D eigenvalue weighted by atomic mass is 16.5. The van der Waals surface area contributed by atoms with Crippen molar-refractivity contribution >= 4 is 10.8 Å². The summed E-state index contributed by atoms with van der Waals surface area (Å²) in [5.41, 5.74) is 2.73. The van der Waals surface area contributed by atoms with Crippen LogP contribution < -0.4 is 4.74 Å². The normalized spacial score (nSPS) is 10.7. The van der Waals surface area contributed by atoms with Gasteiger partial charge in [-0.3, -0.25) is 0 Å². The van der Waals surface area contributed by atoms with Gasteiger partial charge < -0.3 is 4.74 Å². The molecule has 100 valence electrons. The summed E-state index contributed by atoms with van der Waals surface area (Å²) in [4.78, 5) is 0. The molecule has 0 N–H and O–H groups in total. The lowest BCUT2D eigenvalue weighted by molar-refractivity contribution is 0.414. The van der Waals surface area contributed by atoms with Crippen molar-refractivity contribution in [3.63, 3.8) is 0 Å². The Kier molecular flexibility index (Phi) is 3.69. The minimum absolute atomic E-state index is 0.916. The van der Waals surface area contributed by atoms with Crippen LogP contribution >= 0.6 is 0 Å². The van der Waals surface area contributed by atoms with Crippen molar-refractivity contribution in [3.05, 3.63) is 77.9 Å². The SMILES string of the molecule is COc1ccc(CCc2ccc3ccccc3c2)cc1. The zero-order valence-electron chi connectivity index (χ0n) is 11.7. The summed E-state index contributed by atoms with van der Waals surface area (Å²) >= 11 is 0. The van der Waals surface area contributed by atoms with Gasteiger partial charge >= 0.3 is 0 Å². The summed E-state index contributed by atoms with van der Waals surface area (Å²) in [6.45, 7) is 0. The first-order valence-electron chi connectivity index (χ1n) is 6.96. The van der Waals surface area contributed by atoms with Crippen molar-refractivity contribution in [1.29, 1.82) is 0 Å². The van der Waals surface area contributed by atoms with E-state index in [1.165, 1.54) is 21.9 Å². The molecule has 20 heavy (non-hydrogen) atoms. The number of hydrogen-bond acceptors (Lipinski definition) is 1. The molecular weight excluding hydrogens is 244 g/mol. The molecule has 3 rings (SSSR count). The Morgan fingerprint density at radius 1 is 0.700 bits per heavy atom. The molecule has 1 nitrogen and oxygen atoms in total. The Hall–Kier alpha value is -2.28. The van der Waals surface area contributed by atoms with Crippen LogP contribution in [0.4, 0.5) is 0 Å². The zero-order valence-corrected chi connectivity index (χ0v) is 11.7. The molecular formula is C19H18O. The molecule has 0 saturated carbocycles. The summed E-state index contributed by atoms with van der Waals surface area (Å²) in [5.74, 6) is 0.916. The van der Waals surface area contributed by atoms with Gasteiger partial charge in [0.2, 0.25) is 0 Å². The molecule has 0 radical (unpaired) electrons. The van der Waals surface area contributed by atoms with E-state index in [0.29, 0.717) is 0 Å². The third-order valence-corrected chi connectivity index (χ3v) is 3.68. The predicted octanol–water partition coefficient (Wildman–Crippen LogP) is 4.63. The van der Waals surface area contributed by atoms with Gasteiger partial charge in [0, 0.05) is 0 Å². The molecule has 1 heteroatoms. The van der Waals surface area contributed by atoms with Crippen LogP contribution in [0.3, 0.4) is 0 Å². The Morgan fingerprint density at radius 3 is 2.10 bits per heavy atom. The summed E-state index contributed by atoms with van der Waals surface area (Å²) in [6, 6.07) is 23.6. The number of methoxy groups -OCH3 is 1. The summed E-state index contributed by atoms with van der Waals surface area (Å²) in [5, 5.41) is 2.63. The van der Waals surface area contributed by atoms with E-state index in [0.717, 1.165) is 18.6 Å². The first kappa shape index (κ1) is 12.7. The molecule has 0 atom stereocenters. The van der Waals surface area contributed by atoms with E-state index in [1.54, 1.807) is 7.11 Å². The van der Waals surface area contributed by atoms with Crippen LogP contribution in [0.15, 0.2) is 66.7 Å². The monoisotopic (exact) mass is 262 g/mol. The second-order valence-corrected chi connectivity index (χ2v) is 5.03. The predicted molar refractivity (Wildman–Crippen MR) is 84.4 cm³/mol. The van der Waals surface area contributed by atoms with Crippen LogP contribution in [-0.4, -0.2) is 7.11 Å². The van der Waals surface area contributed by atoms with Crippen LogP contribution in [0.25, 0.3) is 10.8 Å². The average Bonchev–Trinajstić information content (AvgIpc) is 2.53. The quantitative estimate of drug-likeness (QED) is 0.666. The van der Waals surface area contributed by atoms with E-state index >= 15 is 0 Å². The Balaban J connectivity index is 1.72. The highest BCUT2D eigenvalue weighted by Gasteiger charge is 1.99. The highest BCUT2D eigenvalue weighted by Crippen LogP contribution is 2.18. The van der Waals surface area contributed by atoms with Gasteiger partial charge in [-0.2, -0.15) is 0 Å². The largest absolute Gasteiger partial charge is 0.497 e. The lowest BCUT2D eigenvalue weighted by Crippen LogP contribution is -1.92. The number of fused-ring (bicyclic) bond motifs is 1. The van der Waals surface area contributed by atoms with Crippen molar-refractivity contribution in [2.75, 3.05) is 7.11 Å². The Morgan fingerprint density at radius 2 is 1.35 bits per heavy atom. The van der Waals surface area contributed by atoms with Gasteiger partial charge in [0.05, 0.1) is 7.11 Å². The highest BCUT2D eigenvalue weighted by molar-refractivity contribution is 5.82. The van der Waals surface area contributed by atoms with Gasteiger partial charge in [-0.05, 0) is 46.9 Å². The Labute approximate surface area is 119 Å². The van der Waals surface area contributed by atoms with Crippen molar-refractivity contribution in [1.82, 2.24) is 0 Å². The number of rotatable bonds is 4. The van der Waals surface area contributed by atoms with E-state index in [9.17, 15) is 0 Å². The average molecular weight is 262 g/mol. The first-order chi connectivity index (χ1) is 9.85. The van der Waals surface area contributed by atoms with Gasteiger partial charge in [0.25, 0.3) is 0 Å². The molecule has 0 heterocycles. The molecule has 0 bridgehead atoms. The van der Waals surface area contributed by atoms with Crippen LogP contribution in [0.1, 0.15) is 11.1 Å². The molecule has 0 unspecified atom stereocenters. The molecule has 0 aliphatic rings. The second kappa shape index (κ2) is 5.79. The molecule has 0 fully saturated rings. The minimum Gasteiger partial charge on any atom is -0.497 e. The van der Waals surface area contributed by atoms with Gasteiger partial charge in [0.15, 0.2) is 0 Å². The third kappa shape index (κ3) is 2.83. The topological polar surface area (TPSA) is 9.23 Å². The summed E-state index contributed by atoms with van der Waals surface area (Å²) in [6.07, 6.45) is 2.12.